The van der Waals surface area contributed by atoms with Crippen molar-refractivity contribution in [2.75, 3.05) is 5.01 Å². The number of aryl methyl sites for hydroxylation is 1. The van der Waals surface area contributed by atoms with Gasteiger partial charge in [0.15, 0.2) is 0 Å². The number of carbonyl (C=O) groups is 2. The number of carbonyl (C=O) groups excluding carboxylic acids is 2. The molecule has 0 saturated carbocycles. The second kappa shape index (κ2) is 7.02. The third kappa shape index (κ3) is 3.00. The Labute approximate surface area is 167 Å². The second-order valence-corrected chi connectivity index (χ2v) is 7.00. The molecule has 3 aromatic rings. The highest BCUT2D eigenvalue weighted by atomic mass is 35.5. The smallest absolute Gasteiger partial charge is 0.282 e. The van der Waals surface area contributed by atoms with Crippen LogP contribution in [0.25, 0.3) is 11.8 Å². The van der Waals surface area contributed by atoms with Crippen molar-refractivity contribution >= 4 is 35.2 Å². The Morgan fingerprint density at radius 1 is 0.964 bits per heavy atom. The first-order chi connectivity index (χ1) is 13.5. The van der Waals surface area contributed by atoms with E-state index in [1.165, 1.54) is 5.01 Å². The van der Waals surface area contributed by atoms with Crippen LogP contribution in [0.5, 0.6) is 0 Å². The number of benzene rings is 2. The number of nitrogens with zero attached hydrogens (tertiary/aromatic N) is 2. The lowest BCUT2D eigenvalue weighted by atomic mass is 10.1. The molecule has 1 N–H and O–H groups in total. The van der Waals surface area contributed by atoms with Gasteiger partial charge in [-0.15, -0.1) is 0 Å². The summed E-state index contributed by atoms with van der Waals surface area (Å²) in [7, 11) is 0. The summed E-state index contributed by atoms with van der Waals surface area (Å²) in [5.41, 5.74) is 6.85. The summed E-state index contributed by atoms with van der Waals surface area (Å²) >= 11 is 6.35. The molecule has 5 nitrogen and oxygen atoms in total. The molecule has 140 valence electrons. The van der Waals surface area contributed by atoms with Gasteiger partial charge in [-0.3, -0.25) is 15.0 Å². The van der Waals surface area contributed by atoms with E-state index in [1.54, 1.807) is 18.2 Å². The molecular formula is C22H18ClN3O2. The van der Waals surface area contributed by atoms with Crippen LogP contribution in [0.1, 0.15) is 17.0 Å². The minimum absolute atomic E-state index is 0.100. The number of nitrogens with one attached hydrogen (secondary N) is 1. The van der Waals surface area contributed by atoms with Crippen molar-refractivity contribution in [2.45, 2.75) is 13.8 Å². The van der Waals surface area contributed by atoms with Crippen molar-refractivity contribution in [2.24, 2.45) is 0 Å². The monoisotopic (exact) mass is 391 g/mol. The third-order valence-corrected chi connectivity index (χ3v) is 5.09. The molecule has 6 heteroatoms. The first-order valence-electron chi connectivity index (χ1n) is 8.83. The van der Waals surface area contributed by atoms with Crippen LogP contribution in [-0.2, 0) is 9.59 Å². The lowest BCUT2D eigenvalue weighted by Gasteiger charge is -2.13. The van der Waals surface area contributed by atoms with Crippen molar-refractivity contribution < 1.29 is 9.59 Å². The van der Waals surface area contributed by atoms with Gasteiger partial charge in [-0.1, -0.05) is 41.9 Å². The minimum Gasteiger partial charge on any atom is -0.316 e. The summed E-state index contributed by atoms with van der Waals surface area (Å²) < 4.78 is 2.01. The van der Waals surface area contributed by atoms with Gasteiger partial charge in [-0.05, 0) is 55.8 Å². The Hall–Kier alpha value is -3.31. The van der Waals surface area contributed by atoms with E-state index in [1.807, 2.05) is 66.9 Å². The topological polar surface area (TPSA) is 54.3 Å². The molecule has 1 aromatic heterocycles. The quantitative estimate of drug-likeness (QED) is 0.537. The number of anilines is 1. The van der Waals surface area contributed by atoms with Gasteiger partial charge >= 0.3 is 0 Å². The van der Waals surface area contributed by atoms with E-state index in [4.69, 9.17) is 11.6 Å². The van der Waals surface area contributed by atoms with Crippen LogP contribution >= 0.6 is 11.6 Å². The highest BCUT2D eigenvalue weighted by Crippen LogP contribution is 2.28. The number of aromatic nitrogens is 1. The zero-order valence-electron chi connectivity index (χ0n) is 15.4. The molecule has 2 amide bonds. The van der Waals surface area contributed by atoms with Crippen LogP contribution in [0, 0.1) is 13.8 Å². The summed E-state index contributed by atoms with van der Waals surface area (Å²) in [5, 5.41) is 1.90. The number of para-hydroxylation sites is 2. The Morgan fingerprint density at radius 2 is 1.64 bits per heavy atom. The molecule has 0 radical (unpaired) electrons. The number of hydrogen-bond donors (Lipinski definition) is 1. The fourth-order valence-corrected chi connectivity index (χ4v) is 3.63. The maximum Gasteiger partial charge on any atom is 0.282 e. The summed E-state index contributed by atoms with van der Waals surface area (Å²) in [4.78, 5) is 25.2. The molecule has 1 aliphatic rings. The van der Waals surface area contributed by atoms with Gasteiger partial charge in [0, 0.05) is 11.4 Å². The van der Waals surface area contributed by atoms with Crippen molar-refractivity contribution in [1.29, 1.82) is 0 Å². The van der Waals surface area contributed by atoms with Crippen molar-refractivity contribution in [3.05, 3.63) is 88.2 Å². The lowest BCUT2D eigenvalue weighted by molar-refractivity contribution is -0.117. The van der Waals surface area contributed by atoms with Crippen LogP contribution in [0.15, 0.2) is 66.2 Å². The average molecular weight is 392 g/mol. The Bertz CT molecular complexity index is 1120. The summed E-state index contributed by atoms with van der Waals surface area (Å²) in [6.07, 6.45) is 1.64. The van der Waals surface area contributed by atoms with Crippen molar-refractivity contribution in [3.8, 4) is 5.69 Å². The third-order valence-electron chi connectivity index (χ3n) is 4.77. The summed E-state index contributed by atoms with van der Waals surface area (Å²) in [6.45, 7) is 3.90. The van der Waals surface area contributed by atoms with Gasteiger partial charge in [0.2, 0.25) is 0 Å². The van der Waals surface area contributed by atoms with E-state index in [-0.39, 0.29) is 11.5 Å². The molecule has 2 heterocycles. The molecule has 0 bridgehead atoms. The van der Waals surface area contributed by atoms with Crippen LogP contribution < -0.4 is 10.4 Å². The first kappa shape index (κ1) is 18.1. The highest BCUT2D eigenvalue weighted by Gasteiger charge is 2.34. The predicted octanol–water partition coefficient (Wildman–Crippen LogP) is 4.21. The molecule has 0 aliphatic carbocycles. The molecular weight excluding hydrogens is 374 g/mol. The summed E-state index contributed by atoms with van der Waals surface area (Å²) in [6, 6.07) is 18.5. The number of hydrogen-bond acceptors (Lipinski definition) is 2. The van der Waals surface area contributed by atoms with Gasteiger partial charge in [0.05, 0.1) is 16.4 Å². The SMILES string of the molecule is Cc1cc(/C=C2/C(=O)NN(c3ccccc3)C2=O)c(C)n1-c1ccccc1Cl. The van der Waals surface area contributed by atoms with Crippen LogP contribution in [0.2, 0.25) is 5.02 Å². The largest absolute Gasteiger partial charge is 0.316 e. The minimum atomic E-state index is -0.420. The van der Waals surface area contributed by atoms with E-state index in [2.05, 4.69) is 5.43 Å². The Morgan fingerprint density at radius 3 is 2.36 bits per heavy atom. The van der Waals surface area contributed by atoms with Crippen LogP contribution in [0.3, 0.4) is 0 Å². The normalized spacial score (nSPS) is 15.4. The van der Waals surface area contributed by atoms with E-state index >= 15 is 0 Å². The molecule has 1 fully saturated rings. The lowest BCUT2D eigenvalue weighted by Crippen LogP contribution is -2.35. The molecule has 2 aromatic carbocycles. The fraction of sp³-hybridized carbons (Fsp3) is 0.0909. The van der Waals surface area contributed by atoms with Crippen LogP contribution in [-0.4, -0.2) is 16.4 Å². The van der Waals surface area contributed by atoms with Crippen molar-refractivity contribution in [1.82, 2.24) is 9.99 Å². The van der Waals surface area contributed by atoms with Crippen LogP contribution in [0.4, 0.5) is 5.69 Å². The number of rotatable bonds is 3. The molecule has 0 spiro atoms. The first-order valence-corrected chi connectivity index (χ1v) is 9.21. The van der Waals surface area contributed by atoms with Crippen molar-refractivity contribution in [3.63, 3.8) is 0 Å². The molecule has 0 atom stereocenters. The van der Waals surface area contributed by atoms with Gasteiger partial charge in [0.1, 0.15) is 5.57 Å². The predicted molar refractivity (Wildman–Crippen MR) is 110 cm³/mol. The zero-order chi connectivity index (χ0) is 19.8. The number of halogens is 1. The van der Waals surface area contributed by atoms with E-state index in [0.29, 0.717) is 10.7 Å². The molecule has 1 saturated heterocycles. The molecule has 28 heavy (non-hydrogen) atoms. The van der Waals surface area contributed by atoms with Gasteiger partial charge in [-0.25, -0.2) is 5.01 Å². The second-order valence-electron chi connectivity index (χ2n) is 6.59. The maximum absolute atomic E-state index is 12.8. The fourth-order valence-electron chi connectivity index (χ4n) is 3.41. The van der Waals surface area contributed by atoms with Gasteiger partial charge in [-0.2, -0.15) is 0 Å². The maximum atomic E-state index is 12.8. The Kier molecular flexibility index (Phi) is 4.53. The van der Waals surface area contributed by atoms with Gasteiger partial charge in [0.25, 0.3) is 11.8 Å². The zero-order valence-corrected chi connectivity index (χ0v) is 16.2. The van der Waals surface area contributed by atoms with E-state index in [0.717, 1.165) is 22.6 Å². The standard InChI is InChI=1S/C22H18ClN3O2/c1-14-12-16(15(2)25(14)20-11-7-6-10-19(20)23)13-18-21(27)24-26(22(18)28)17-8-4-3-5-9-17/h3-13H,1-2H3,(H,24,27)/b18-13-. The number of amides is 2. The Balaban J connectivity index is 1.74. The highest BCUT2D eigenvalue weighted by molar-refractivity contribution is 6.32. The molecule has 1 aliphatic heterocycles. The number of hydrazine groups is 1. The van der Waals surface area contributed by atoms with Gasteiger partial charge < -0.3 is 4.57 Å². The van der Waals surface area contributed by atoms with E-state index < -0.39 is 5.91 Å². The average Bonchev–Trinajstić information content (AvgIpc) is 3.13. The summed E-state index contributed by atoms with van der Waals surface area (Å²) in [5.74, 6) is -0.796. The molecule has 0 unspecified atom stereocenters. The molecule has 4 rings (SSSR count). The van der Waals surface area contributed by atoms with E-state index in [9.17, 15) is 9.59 Å².